The second-order valence-electron chi connectivity index (χ2n) is 7.39. The summed E-state index contributed by atoms with van der Waals surface area (Å²) in [5.74, 6) is 0.649. The molecule has 0 spiro atoms. The summed E-state index contributed by atoms with van der Waals surface area (Å²) < 4.78 is 37.3. The second kappa shape index (κ2) is 6.79. The van der Waals surface area contributed by atoms with E-state index in [1.807, 2.05) is 13.2 Å². The van der Waals surface area contributed by atoms with Crippen LogP contribution in [0.25, 0.3) is 0 Å². The van der Waals surface area contributed by atoms with Crippen LogP contribution in [0.1, 0.15) is 24.8 Å². The highest BCUT2D eigenvalue weighted by Gasteiger charge is 2.43. The number of nitrogens with zero attached hydrogens (tertiary/aromatic N) is 5. The summed E-state index contributed by atoms with van der Waals surface area (Å²) in [5.41, 5.74) is 1.01. The SMILES string of the molecule is Cn1cnc(S(=O)(=O)N2CC[C@@H](OCC3CC3)[C@@H]2Cc2cnn(C)c2)c1. The molecule has 2 aromatic heterocycles. The van der Waals surface area contributed by atoms with Crippen molar-refractivity contribution in [1.29, 1.82) is 0 Å². The van der Waals surface area contributed by atoms with Gasteiger partial charge in [0.2, 0.25) is 0 Å². The molecule has 0 amide bonds. The normalized spacial score (nSPS) is 24.4. The summed E-state index contributed by atoms with van der Waals surface area (Å²) in [6, 6.07) is -0.232. The van der Waals surface area contributed by atoms with Gasteiger partial charge in [0.05, 0.1) is 24.7 Å². The van der Waals surface area contributed by atoms with Gasteiger partial charge in [-0.05, 0) is 37.2 Å². The minimum atomic E-state index is -3.64. The Hall–Kier alpha value is -1.71. The molecule has 0 N–H and O–H groups in total. The summed E-state index contributed by atoms with van der Waals surface area (Å²) in [4.78, 5) is 4.06. The Morgan fingerprint density at radius 1 is 1.23 bits per heavy atom. The zero-order valence-corrected chi connectivity index (χ0v) is 16.0. The number of aryl methyl sites for hydroxylation is 2. The van der Waals surface area contributed by atoms with Gasteiger partial charge >= 0.3 is 0 Å². The van der Waals surface area contributed by atoms with Crippen LogP contribution in [0.2, 0.25) is 0 Å². The van der Waals surface area contributed by atoms with Crippen molar-refractivity contribution in [2.75, 3.05) is 13.2 Å². The Kier molecular flexibility index (Phi) is 4.62. The molecule has 1 aliphatic heterocycles. The third kappa shape index (κ3) is 3.56. The quantitative estimate of drug-likeness (QED) is 0.715. The molecule has 3 heterocycles. The molecule has 1 saturated carbocycles. The highest BCUT2D eigenvalue weighted by molar-refractivity contribution is 7.89. The minimum absolute atomic E-state index is 0.0886. The molecule has 4 rings (SSSR count). The van der Waals surface area contributed by atoms with E-state index in [9.17, 15) is 8.42 Å². The summed E-state index contributed by atoms with van der Waals surface area (Å²) in [6.45, 7) is 1.19. The molecule has 142 valence electrons. The van der Waals surface area contributed by atoms with E-state index in [2.05, 4.69) is 10.1 Å². The van der Waals surface area contributed by atoms with Gasteiger partial charge in [-0.3, -0.25) is 4.68 Å². The van der Waals surface area contributed by atoms with Crippen LogP contribution >= 0.6 is 0 Å². The van der Waals surface area contributed by atoms with E-state index in [4.69, 9.17) is 4.74 Å². The predicted octanol–water partition coefficient (Wildman–Crippen LogP) is 0.954. The fourth-order valence-corrected chi connectivity index (χ4v) is 5.16. The van der Waals surface area contributed by atoms with Crippen LogP contribution in [0.3, 0.4) is 0 Å². The van der Waals surface area contributed by atoms with Crippen molar-refractivity contribution in [3.05, 3.63) is 30.5 Å². The van der Waals surface area contributed by atoms with Gasteiger partial charge in [-0.2, -0.15) is 9.40 Å². The molecular weight excluding hydrogens is 354 g/mol. The molecule has 0 aromatic carbocycles. The van der Waals surface area contributed by atoms with Crippen LogP contribution in [-0.2, 0) is 35.3 Å². The Morgan fingerprint density at radius 3 is 2.65 bits per heavy atom. The lowest BCUT2D eigenvalue weighted by atomic mass is 10.1. The minimum Gasteiger partial charge on any atom is -0.376 e. The van der Waals surface area contributed by atoms with Gasteiger partial charge in [0.25, 0.3) is 10.0 Å². The third-order valence-corrected chi connectivity index (χ3v) is 6.94. The maximum absolute atomic E-state index is 13.1. The highest BCUT2D eigenvalue weighted by atomic mass is 32.2. The monoisotopic (exact) mass is 379 g/mol. The van der Waals surface area contributed by atoms with Gasteiger partial charge in [0.1, 0.15) is 0 Å². The van der Waals surface area contributed by atoms with Crippen LogP contribution in [0.15, 0.2) is 29.9 Å². The first-order valence-electron chi connectivity index (χ1n) is 9.02. The summed E-state index contributed by atoms with van der Waals surface area (Å²) >= 11 is 0. The molecule has 2 aromatic rings. The van der Waals surface area contributed by atoms with E-state index in [1.165, 1.54) is 19.2 Å². The molecule has 8 nitrogen and oxygen atoms in total. The molecule has 0 unspecified atom stereocenters. The number of aromatic nitrogens is 4. The van der Waals surface area contributed by atoms with E-state index >= 15 is 0 Å². The first-order chi connectivity index (χ1) is 12.4. The number of imidazole rings is 1. The number of hydrogen-bond donors (Lipinski definition) is 0. The molecule has 2 aliphatic rings. The van der Waals surface area contributed by atoms with Crippen LogP contribution in [0.5, 0.6) is 0 Å². The van der Waals surface area contributed by atoms with Gasteiger partial charge in [-0.25, -0.2) is 13.4 Å². The molecule has 2 fully saturated rings. The van der Waals surface area contributed by atoms with Crippen LogP contribution < -0.4 is 0 Å². The molecular formula is C17H25N5O3S. The molecule has 2 atom stereocenters. The van der Waals surface area contributed by atoms with Crippen molar-refractivity contribution in [1.82, 2.24) is 23.6 Å². The van der Waals surface area contributed by atoms with Gasteiger partial charge in [0.15, 0.2) is 5.03 Å². The number of sulfonamides is 1. The highest BCUT2D eigenvalue weighted by Crippen LogP contribution is 2.33. The Labute approximate surface area is 153 Å². The van der Waals surface area contributed by atoms with E-state index in [1.54, 1.807) is 33.0 Å². The van der Waals surface area contributed by atoms with Crippen molar-refractivity contribution in [3.63, 3.8) is 0 Å². The maximum atomic E-state index is 13.1. The van der Waals surface area contributed by atoms with Crippen molar-refractivity contribution in [3.8, 4) is 0 Å². The van der Waals surface area contributed by atoms with Gasteiger partial charge in [-0.1, -0.05) is 0 Å². The van der Waals surface area contributed by atoms with Crippen molar-refractivity contribution >= 4 is 10.0 Å². The molecule has 0 radical (unpaired) electrons. The number of rotatable bonds is 7. The third-order valence-electron chi connectivity index (χ3n) is 5.13. The lowest BCUT2D eigenvalue weighted by Gasteiger charge is -2.26. The maximum Gasteiger partial charge on any atom is 0.262 e. The van der Waals surface area contributed by atoms with Crippen LogP contribution in [0, 0.1) is 5.92 Å². The van der Waals surface area contributed by atoms with Crippen LogP contribution in [0.4, 0.5) is 0 Å². The lowest BCUT2D eigenvalue weighted by molar-refractivity contribution is 0.0305. The van der Waals surface area contributed by atoms with Crippen molar-refractivity contribution in [2.45, 2.75) is 42.9 Å². The van der Waals surface area contributed by atoms with Crippen molar-refractivity contribution < 1.29 is 13.2 Å². The summed E-state index contributed by atoms with van der Waals surface area (Å²) in [5, 5.41) is 4.31. The average molecular weight is 379 g/mol. The lowest BCUT2D eigenvalue weighted by Crippen LogP contribution is -2.42. The van der Waals surface area contributed by atoms with E-state index < -0.39 is 10.0 Å². The Morgan fingerprint density at radius 2 is 2.04 bits per heavy atom. The Balaban J connectivity index is 1.58. The first-order valence-corrected chi connectivity index (χ1v) is 10.5. The second-order valence-corrected chi connectivity index (χ2v) is 9.23. The topological polar surface area (TPSA) is 82.2 Å². The van der Waals surface area contributed by atoms with Crippen LogP contribution in [-0.4, -0.2) is 57.4 Å². The molecule has 1 saturated heterocycles. The van der Waals surface area contributed by atoms with Gasteiger partial charge < -0.3 is 9.30 Å². The number of hydrogen-bond acceptors (Lipinski definition) is 5. The zero-order chi connectivity index (χ0) is 18.3. The van der Waals surface area contributed by atoms with E-state index in [0.29, 0.717) is 25.3 Å². The summed E-state index contributed by atoms with van der Waals surface area (Å²) in [6.07, 6.45) is 10.4. The molecule has 9 heteroatoms. The molecule has 1 aliphatic carbocycles. The predicted molar refractivity (Wildman–Crippen MR) is 94.9 cm³/mol. The van der Waals surface area contributed by atoms with Gasteiger partial charge in [-0.15, -0.1) is 0 Å². The fraction of sp³-hybridized carbons (Fsp3) is 0.647. The standard InChI is InChI=1S/C17H25N5O3S/c1-20-10-17(18-12-20)26(23,24)22-6-5-16(25-11-13-3-4-13)15(22)7-14-8-19-21(2)9-14/h8-10,12-13,15-16H,3-7,11H2,1-2H3/t15-,16+/m0/s1. The van der Waals surface area contributed by atoms with Crippen molar-refractivity contribution in [2.24, 2.45) is 20.0 Å². The molecule has 26 heavy (non-hydrogen) atoms. The van der Waals surface area contributed by atoms with E-state index in [0.717, 1.165) is 12.2 Å². The zero-order valence-electron chi connectivity index (χ0n) is 15.2. The smallest absolute Gasteiger partial charge is 0.262 e. The van der Waals surface area contributed by atoms with E-state index in [-0.39, 0.29) is 17.2 Å². The fourth-order valence-electron chi connectivity index (χ4n) is 3.53. The average Bonchev–Trinajstić information content (AvgIpc) is 2.96. The number of ether oxygens (including phenoxy) is 1. The Bertz CT molecular complexity index is 871. The first kappa shape index (κ1) is 17.7. The molecule has 0 bridgehead atoms. The van der Waals surface area contributed by atoms with Gasteiger partial charge in [0, 0.05) is 39.6 Å². The summed E-state index contributed by atoms with van der Waals surface area (Å²) in [7, 11) is -0.0108. The largest absolute Gasteiger partial charge is 0.376 e.